The average molecular weight is 240 g/mol. The van der Waals surface area contributed by atoms with E-state index in [4.69, 9.17) is 4.74 Å². The van der Waals surface area contributed by atoms with Gasteiger partial charge in [0.2, 0.25) is 5.91 Å². The molecule has 0 aromatic heterocycles. The molecule has 5 nitrogen and oxygen atoms in total. The standard InChI is InChI=1S/C11H13FN2O3/c1-7(11(16)14-13-8(2)15)17-10-6-4-3-5-9(10)12/h3-7H,1-2H3,(H,13,15)(H,14,16). The van der Waals surface area contributed by atoms with Gasteiger partial charge in [-0.1, -0.05) is 12.1 Å². The van der Waals surface area contributed by atoms with E-state index in [2.05, 4.69) is 10.9 Å². The van der Waals surface area contributed by atoms with Gasteiger partial charge in [0.15, 0.2) is 17.7 Å². The normalized spacial score (nSPS) is 11.5. The lowest BCUT2D eigenvalue weighted by atomic mass is 10.3. The fourth-order valence-corrected chi connectivity index (χ4v) is 1.04. The number of amides is 2. The van der Waals surface area contributed by atoms with Crippen molar-refractivity contribution in [1.29, 1.82) is 0 Å². The second-order valence-corrected chi connectivity index (χ2v) is 3.36. The molecular formula is C11H13FN2O3. The smallest absolute Gasteiger partial charge is 0.279 e. The lowest BCUT2D eigenvalue weighted by Gasteiger charge is -2.14. The molecule has 0 heterocycles. The van der Waals surface area contributed by atoms with Gasteiger partial charge in [0, 0.05) is 6.92 Å². The van der Waals surface area contributed by atoms with Crippen molar-refractivity contribution in [1.82, 2.24) is 10.9 Å². The zero-order valence-corrected chi connectivity index (χ0v) is 9.49. The number of carbonyl (C=O) groups excluding carboxylic acids is 2. The van der Waals surface area contributed by atoms with Crippen LogP contribution in [0.2, 0.25) is 0 Å². The molecule has 1 rings (SSSR count). The van der Waals surface area contributed by atoms with E-state index in [1.807, 2.05) is 0 Å². The Morgan fingerprint density at radius 1 is 1.29 bits per heavy atom. The van der Waals surface area contributed by atoms with Gasteiger partial charge in [0.25, 0.3) is 5.91 Å². The molecule has 0 aliphatic carbocycles. The summed E-state index contributed by atoms with van der Waals surface area (Å²) in [4.78, 5) is 21.9. The molecule has 6 heteroatoms. The molecule has 0 spiro atoms. The molecule has 0 aliphatic rings. The predicted octanol–water partition coefficient (Wildman–Crippen LogP) is 0.760. The molecule has 0 radical (unpaired) electrons. The van der Waals surface area contributed by atoms with Crippen molar-refractivity contribution in [2.75, 3.05) is 0 Å². The Morgan fingerprint density at radius 3 is 2.53 bits per heavy atom. The number of hydrazine groups is 1. The number of hydrogen-bond donors (Lipinski definition) is 2. The molecule has 1 unspecified atom stereocenters. The second-order valence-electron chi connectivity index (χ2n) is 3.36. The number of rotatable bonds is 3. The highest BCUT2D eigenvalue weighted by molar-refractivity contribution is 5.83. The Kier molecular flexibility index (Phi) is 4.45. The number of carbonyl (C=O) groups is 2. The van der Waals surface area contributed by atoms with Crippen molar-refractivity contribution in [3.63, 3.8) is 0 Å². The van der Waals surface area contributed by atoms with Crippen molar-refractivity contribution in [3.8, 4) is 5.75 Å². The molecule has 2 amide bonds. The van der Waals surface area contributed by atoms with Crippen molar-refractivity contribution in [2.24, 2.45) is 0 Å². The fraction of sp³-hybridized carbons (Fsp3) is 0.273. The molecule has 0 bridgehead atoms. The minimum atomic E-state index is -0.918. The van der Waals surface area contributed by atoms with Gasteiger partial charge < -0.3 is 4.74 Å². The van der Waals surface area contributed by atoms with E-state index in [1.165, 1.54) is 32.0 Å². The van der Waals surface area contributed by atoms with E-state index in [-0.39, 0.29) is 5.75 Å². The maximum Gasteiger partial charge on any atom is 0.279 e. The van der Waals surface area contributed by atoms with Gasteiger partial charge in [-0.05, 0) is 19.1 Å². The summed E-state index contributed by atoms with van der Waals surface area (Å²) in [5, 5.41) is 0. The average Bonchev–Trinajstić information content (AvgIpc) is 2.28. The minimum absolute atomic E-state index is 0.0158. The SMILES string of the molecule is CC(=O)NNC(=O)C(C)Oc1ccccc1F. The summed E-state index contributed by atoms with van der Waals surface area (Å²) in [6.45, 7) is 2.70. The van der Waals surface area contributed by atoms with Crippen LogP contribution in [0.4, 0.5) is 4.39 Å². The zero-order chi connectivity index (χ0) is 12.8. The predicted molar refractivity (Wildman–Crippen MR) is 58.4 cm³/mol. The Morgan fingerprint density at radius 2 is 1.94 bits per heavy atom. The number of ether oxygens (including phenoxy) is 1. The van der Waals surface area contributed by atoms with Crippen molar-refractivity contribution < 1.29 is 18.7 Å². The van der Waals surface area contributed by atoms with Crippen LogP contribution < -0.4 is 15.6 Å². The van der Waals surface area contributed by atoms with Gasteiger partial charge >= 0.3 is 0 Å². The molecule has 17 heavy (non-hydrogen) atoms. The largest absolute Gasteiger partial charge is 0.478 e. The fourth-order valence-electron chi connectivity index (χ4n) is 1.04. The molecular weight excluding hydrogens is 227 g/mol. The molecule has 1 aromatic rings. The van der Waals surface area contributed by atoms with E-state index in [1.54, 1.807) is 6.07 Å². The molecule has 0 fully saturated rings. The van der Waals surface area contributed by atoms with Crippen LogP contribution in [0.5, 0.6) is 5.75 Å². The zero-order valence-electron chi connectivity index (χ0n) is 9.49. The summed E-state index contributed by atoms with van der Waals surface area (Å²) in [6, 6.07) is 5.76. The van der Waals surface area contributed by atoms with Gasteiger partial charge in [0.1, 0.15) is 0 Å². The van der Waals surface area contributed by atoms with Gasteiger partial charge in [-0.3, -0.25) is 20.4 Å². The van der Waals surface area contributed by atoms with E-state index in [9.17, 15) is 14.0 Å². The van der Waals surface area contributed by atoms with Gasteiger partial charge in [0.05, 0.1) is 0 Å². The van der Waals surface area contributed by atoms with E-state index >= 15 is 0 Å². The summed E-state index contributed by atoms with van der Waals surface area (Å²) in [5.41, 5.74) is 4.25. The molecule has 0 saturated heterocycles. The summed E-state index contributed by atoms with van der Waals surface area (Å²) in [7, 11) is 0. The first-order valence-electron chi connectivity index (χ1n) is 4.98. The number of hydrogen-bond acceptors (Lipinski definition) is 3. The Bertz CT molecular complexity index is 423. The van der Waals surface area contributed by atoms with Crippen LogP contribution >= 0.6 is 0 Å². The first kappa shape index (κ1) is 13.0. The summed E-state index contributed by atoms with van der Waals surface area (Å²) in [6.07, 6.45) is -0.918. The number of para-hydroxylation sites is 1. The van der Waals surface area contributed by atoms with Gasteiger partial charge in [-0.15, -0.1) is 0 Å². The third-order valence-corrected chi connectivity index (χ3v) is 1.87. The monoisotopic (exact) mass is 240 g/mol. The minimum Gasteiger partial charge on any atom is -0.478 e. The highest BCUT2D eigenvalue weighted by atomic mass is 19.1. The quantitative estimate of drug-likeness (QED) is 0.766. The number of halogens is 1. The van der Waals surface area contributed by atoms with E-state index < -0.39 is 23.7 Å². The first-order valence-corrected chi connectivity index (χ1v) is 4.98. The topological polar surface area (TPSA) is 67.4 Å². The maximum absolute atomic E-state index is 13.2. The molecule has 1 atom stereocenters. The summed E-state index contributed by atoms with van der Waals surface area (Å²) in [5.74, 6) is -1.54. The number of nitrogens with one attached hydrogen (secondary N) is 2. The Balaban J connectivity index is 2.54. The van der Waals surface area contributed by atoms with Gasteiger partial charge in [-0.2, -0.15) is 0 Å². The third-order valence-electron chi connectivity index (χ3n) is 1.87. The molecule has 0 saturated carbocycles. The maximum atomic E-state index is 13.2. The van der Waals surface area contributed by atoms with Crippen LogP contribution in [0, 0.1) is 5.82 Å². The van der Waals surface area contributed by atoms with E-state index in [0.29, 0.717) is 0 Å². The molecule has 0 aliphatic heterocycles. The van der Waals surface area contributed by atoms with Crippen LogP contribution in [-0.4, -0.2) is 17.9 Å². The van der Waals surface area contributed by atoms with Crippen molar-refractivity contribution in [3.05, 3.63) is 30.1 Å². The van der Waals surface area contributed by atoms with E-state index in [0.717, 1.165) is 0 Å². The van der Waals surface area contributed by atoms with Crippen molar-refractivity contribution in [2.45, 2.75) is 20.0 Å². The van der Waals surface area contributed by atoms with Crippen LogP contribution in [0.1, 0.15) is 13.8 Å². The Hall–Kier alpha value is -2.11. The van der Waals surface area contributed by atoms with Crippen molar-refractivity contribution >= 4 is 11.8 Å². The molecule has 2 N–H and O–H groups in total. The van der Waals surface area contributed by atoms with Crippen LogP contribution in [0.15, 0.2) is 24.3 Å². The number of benzene rings is 1. The third kappa shape index (κ3) is 4.10. The van der Waals surface area contributed by atoms with Crippen LogP contribution in [0.25, 0.3) is 0 Å². The van der Waals surface area contributed by atoms with Crippen LogP contribution in [-0.2, 0) is 9.59 Å². The highest BCUT2D eigenvalue weighted by Crippen LogP contribution is 2.16. The second kappa shape index (κ2) is 5.83. The summed E-state index contributed by atoms with van der Waals surface area (Å²) < 4.78 is 18.3. The van der Waals surface area contributed by atoms with Gasteiger partial charge in [-0.25, -0.2) is 4.39 Å². The molecule has 1 aromatic carbocycles. The first-order chi connectivity index (χ1) is 8.00. The lowest BCUT2D eigenvalue weighted by molar-refractivity contribution is -0.132. The summed E-state index contributed by atoms with van der Waals surface area (Å²) >= 11 is 0. The highest BCUT2D eigenvalue weighted by Gasteiger charge is 2.16. The van der Waals surface area contributed by atoms with Crippen LogP contribution in [0.3, 0.4) is 0 Å². The Labute approximate surface area is 97.9 Å². The lowest BCUT2D eigenvalue weighted by Crippen LogP contribution is -2.46. The molecule has 92 valence electrons.